The lowest BCUT2D eigenvalue weighted by Crippen LogP contribution is -2.52. The van der Waals surface area contributed by atoms with Crippen molar-refractivity contribution in [2.75, 3.05) is 13.1 Å². The number of carbonyl (C=O) groups excluding carboxylic acids is 1. The maximum atomic E-state index is 11.2. The maximum Gasteiger partial charge on any atom is 0.136 e. The summed E-state index contributed by atoms with van der Waals surface area (Å²) < 4.78 is 0. The van der Waals surface area contributed by atoms with Gasteiger partial charge >= 0.3 is 0 Å². The third kappa shape index (κ3) is 2.78. The van der Waals surface area contributed by atoms with Gasteiger partial charge in [-0.2, -0.15) is 0 Å². The highest BCUT2D eigenvalue weighted by Gasteiger charge is 2.33. The SMILES string of the molecule is CC(O)CN1CCC(=O)CC1(C)C. The standard InChI is InChI=1S/C10H19NO2/c1-8(12)7-11-5-4-9(13)6-10(11,2)3/h8,12H,4-7H2,1-3H3. The fraction of sp³-hybridized carbons (Fsp3) is 0.900. The Morgan fingerprint density at radius 2 is 2.23 bits per heavy atom. The van der Waals surface area contributed by atoms with E-state index in [9.17, 15) is 9.90 Å². The van der Waals surface area contributed by atoms with Crippen molar-refractivity contribution < 1.29 is 9.90 Å². The summed E-state index contributed by atoms with van der Waals surface area (Å²) in [6.07, 6.45) is 0.933. The Morgan fingerprint density at radius 3 is 2.69 bits per heavy atom. The molecule has 1 N–H and O–H groups in total. The number of rotatable bonds is 2. The molecule has 0 aromatic rings. The number of β-amino-alcohol motifs (C(OH)–C–C–N with tert-alkyl or cyclic N) is 1. The molecular formula is C10H19NO2. The highest BCUT2D eigenvalue weighted by Crippen LogP contribution is 2.25. The summed E-state index contributed by atoms with van der Waals surface area (Å²) in [5.41, 5.74) is -0.0771. The van der Waals surface area contributed by atoms with Crippen molar-refractivity contribution in [3.8, 4) is 0 Å². The summed E-state index contributed by atoms with van der Waals surface area (Å²) in [7, 11) is 0. The third-order valence-electron chi connectivity index (χ3n) is 2.63. The Hall–Kier alpha value is -0.410. The van der Waals surface area contributed by atoms with Crippen LogP contribution in [0.2, 0.25) is 0 Å². The van der Waals surface area contributed by atoms with Crippen LogP contribution in [0.1, 0.15) is 33.6 Å². The van der Waals surface area contributed by atoms with Crippen LogP contribution in [0, 0.1) is 0 Å². The summed E-state index contributed by atoms with van der Waals surface area (Å²) >= 11 is 0. The number of aliphatic hydroxyl groups is 1. The molecule has 0 amide bonds. The molecule has 76 valence electrons. The molecule has 1 aliphatic heterocycles. The zero-order chi connectivity index (χ0) is 10.1. The monoisotopic (exact) mass is 185 g/mol. The molecule has 0 radical (unpaired) electrons. The Kier molecular flexibility index (Phi) is 3.09. The van der Waals surface area contributed by atoms with Gasteiger partial charge in [0.15, 0.2) is 0 Å². The Labute approximate surface area is 79.7 Å². The van der Waals surface area contributed by atoms with Gasteiger partial charge in [0.1, 0.15) is 5.78 Å². The molecule has 1 fully saturated rings. The first-order chi connectivity index (χ1) is 5.92. The minimum Gasteiger partial charge on any atom is -0.392 e. The highest BCUT2D eigenvalue weighted by atomic mass is 16.3. The zero-order valence-electron chi connectivity index (χ0n) is 8.71. The van der Waals surface area contributed by atoms with Gasteiger partial charge in [-0.25, -0.2) is 0 Å². The van der Waals surface area contributed by atoms with E-state index in [2.05, 4.69) is 18.7 Å². The van der Waals surface area contributed by atoms with E-state index in [0.717, 1.165) is 6.54 Å². The number of Topliss-reactive ketones (excluding diaryl/α,β-unsaturated/α-hetero) is 1. The number of hydrogen-bond donors (Lipinski definition) is 1. The van der Waals surface area contributed by atoms with Gasteiger partial charge < -0.3 is 5.11 Å². The molecule has 1 atom stereocenters. The molecule has 1 unspecified atom stereocenters. The average Bonchev–Trinajstić information content (AvgIpc) is 1.93. The molecule has 1 heterocycles. The van der Waals surface area contributed by atoms with E-state index in [0.29, 0.717) is 25.2 Å². The molecule has 13 heavy (non-hydrogen) atoms. The van der Waals surface area contributed by atoms with Crippen LogP contribution < -0.4 is 0 Å². The number of likely N-dealkylation sites (tertiary alicyclic amines) is 1. The number of aliphatic hydroxyl groups excluding tert-OH is 1. The fourth-order valence-corrected chi connectivity index (χ4v) is 1.90. The average molecular weight is 185 g/mol. The topological polar surface area (TPSA) is 40.5 Å². The molecule has 3 nitrogen and oxygen atoms in total. The van der Waals surface area contributed by atoms with Gasteiger partial charge in [-0.15, -0.1) is 0 Å². The van der Waals surface area contributed by atoms with E-state index >= 15 is 0 Å². The second kappa shape index (κ2) is 3.76. The smallest absolute Gasteiger partial charge is 0.136 e. The minimum absolute atomic E-state index is 0.0771. The van der Waals surface area contributed by atoms with E-state index < -0.39 is 0 Å². The largest absolute Gasteiger partial charge is 0.392 e. The van der Waals surface area contributed by atoms with Crippen molar-refractivity contribution in [1.29, 1.82) is 0 Å². The van der Waals surface area contributed by atoms with Crippen LogP contribution >= 0.6 is 0 Å². The molecule has 0 spiro atoms. The first kappa shape index (κ1) is 10.7. The normalized spacial score (nSPS) is 26.0. The van der Waals surface area contributed by atoms with E-state index in [-0.39, 0.29) is 11.6 Å². The first-order valence-electron chi connectivity index (χ1n) is 4.86. The van der Waals surface area contributed by atoms with Crippen LogP contribution in [0.25, 0.3) is 0 Å². The minimum atomic E-state index is -0.313. The number of hydrogen-bond acceptors (Lipinski definition) is 3. The van der Waals surface area contributed by atoms with Crippen LogP contribution in [0.5, 0.6) is 0 Å². The second-order valence-electron chi connectivity index (χ2n) is 4.57. The van der Waals surface area contributed by atoms with Gasteiger partial charge in [-0.1, -0.05) is 0 Å². The van der Waals surface area contributed by atoms with Crippen molar-refractivity contribution in [1.82, 2.24) is 4.90 Å². The van der Waals surface area contributed by atoms with Crippen molar-refractivity contribution in [2.45, 2.75) is 45.3 Å². The molecule has 3 heteroatoms. The maximum absolute atomic E-state index is 11.2. The molecule has 1 aliphatic rings. The van der Waals surface area contributed by atoms with Gasteiger partial charge in [-0.3, -0.25) is 9.69 Å². The molecule has 1 rings (SSSR count). The van der Waals surface area contributed by atoms with Crippen molar-refractivity contribution in [3.05, 3.63) is 0 Å². The van der Waals surface area contributed by atoms with Crippen LogP contribution in [0.15, 0.2) is 0 Å². The Morgan fingerprint density at radius 1 is 1.62 bits per heavy atom. The number of carbonyl (C=O) groups is 1. The lowest BCUT2D eigenvalue weighted by atomic mass is 9.89. The van der Waals surface area contributed by atoms with Gasteiger partial charge in [0.25, 0.3) is 0 Å². The van der Waals surface area contributed by atoms with Gasteiger partial charge in [-0.05, 0) is 20.8 Å². The number of piperidine rings is 1. The Bertz CT molecular complexity index is 199. The molecule has 0 saturated carbocycles. The third-order valence-corrected chi connectivity index (χ3v) is 2.63. The summed E-state index contributed by atoms with van der Waals surface area (Å²) in [6.45, 7) is 7.36. The van der Waals surface area contributed by atoms with Gasteiger partial charge in [0, 0.05) is 31.5 Å². The summed E-state index contributed by atoms with van der Waals surface area (Å²) in [5, 5.41) is 9.28. The van der Waals surface area contributed by atoms with Crippen LogP contribution in [-0.2, 0) is 4.79 Å². The lowest BCUT2D eigenvalue weighted by molar-refractivity contribution is -0.126. The molecule has 0 aromatic carbocycles. The van der Waals surface area contributed by atoms with Crippen molar-refractivity contribution in [3.63, 3.8) is 0 Å². The molecule has 0 aromatic heterocycles. The summed E-state index contributed by atoms with van der Waals surface area (Å²) in [4.78, 5) is 13.4. The van der Waals surface area contributed by atoms with Gasteiger partial charge in [0.2, 0.25) is 0 Å². The van der Waals surface area contributed by atoms with E-state index in [1.165, 1.54) is 0 Å². The molecule has 1 saturated heterocycles. The predicted molar refractivity (Wildman–Crippen MR) is 51.6 cm³/mol. The van der Waals surface area contributed by atoms with Crippen molar-refractivity contribution >= 4 is 5.78 Å². The molecule has 0 aliphatic carbocycles. The number of ketones is 1. The van der Waals surface area contributed by atoms with E-state index in [4.69, 9.17) is 0 Å². The quantitative estimate of drug-likeness (QED) is 0.692. The molecular weight excluding hydrogens is 166 g/mol. The van der Waals surface area contributed by atoms with Gasteiger partial charge in [0.05, 0.1) is 6.10 Å². The first-order valence-corrected chi connectivity index (χ1v) is 4.86. The van der Waals surface area contributed by atoms with Crippen molar-refractivity contribution in [2.24, 2.45) is 0 Å². The second-order valence-corrected chi connectivity index (χ2v) is 4.57. The van der Waals surface area contributed by atoms with Crippen LogP contribution in [0.3, 0.4) is 0 Å². The van der Waals surface area contributed by atoms with Crippen LogP contribution in [0.4, 0.5) is 0 Å². The van der Waals surface area contributed by atoms with E-state index in [1.807, 2.05) is 0 Å². The summed E-state index contributed by atoms with van der Waals surface area (Å²) in [6, 6.07) is 0. The van der Waals surface area contributed by atoms with E-state index in [1.54, 1.807) is 6.92 Å². The fourth-order valence-electron chi connectivity index (χ4n) is 1.90. The molecule has 0 bridgehead atoms. The zero-order valence-corrected chi connectivity index (χ0v) is 8.71. The van der Waals surface area contributed by atoms with Crippen LogP contribution in [-0.4, -0.2) is 40.5 Å². The highest BCUT2D eigenvalue weighted by molar-refractivity contribution is 5.80. The predicted octanol–water partition coefficient (Wildman–Crippen LogP) is 0.811. The Balaban J connectivity index is 2.59. The number of nitrogens with zero attached hydrogens (tertiary/aromatic N) is 1. The lowest BCUT2D eigenvalue weighted by Gasteiger charge is -2.42. The summed E-state index contributed by atoms with van der Waals surface area (Å²) in [5.74, 6) is 0.340.